The van der Waals surface area contributed by atoms with Gasteiger partial charge in [0.25, 0.3) is 5.91 Å². The van der Waals surface area contributed by atoms with Crippen molar-refractivity contribution in [1.29, 1.82) is 0 Å². The molecule has 1 aromatic heterocycles. The Balaban J connectivity index is 1.25. The molecule has 3 fully saturated rings. The Hall–Kier alpha value is -3.15. The van der Waals surface area contributed by atoms with Crippen LogP contribution in [0, 0.1) is 5.92 Å². The van der Waals surface area contributed by atoms with Gasteiger partial charge < -0.3 is 14.5 Å². The van der Waals surface area contributed by atoms with Crippen LogP contribution in [0.25, 0.3) is 0 Å². The van der Waals surface area contributed by atoms with Crippen LogP contribution in [0.4, 0.5) is 5.13 Å². The van der Waals surface area contributed by atoms with Gasteiger partial charge in [-0.25, -0.2) is 4.98 Å². The van der Waals surface area contributed by atoms with Gasteiger partial charge in [-0.2, -0.15) is 0 Å². The van der Waals surface area contributed by atoms with E-state index in [1.54, 1.807) is 37.4 Å². The molecule has 2 saturated heterocycles. The fourth-order valence-corrected chi connectivity index (χ4v) is 5.63. The van der Waals surface area contributed by atoms with Gasteiger partial charge in [-0.15, -0.1) is 11.3 Å². The lowest BCUT2D eigenvalue weighted by molar-refractivity contribution is -0.133. The monoisotopic (exact) mass is 539 g/mol. The number of thiazole rings is 1. The number of hydrogen-bond donors (Lipinski definition) is 1. The summed E-state index contributed by atoms with van der Waals surface area (Å²) in [4.78, 5) is 52.7. The topological polar surface area (TPSA) is 113 Å². The van der Waals surface area contributed by atoms with E-state index in [1.165, 1.54) is 11.3 Å². The maximum Gasteiger partial charge on any atom is 0.280 e. The van der Waals surface area contributed by atoms with Crippen LogP contribution in [-0.4, -0.2) is 83.1 Å². The number of hydrogen-bond acceptors (Lipinski definition) is 9. The molecular formula is C27H33N5O5S. The van der Waals surface area contributed by atoms with E-state index in [1.807, 2.05) is 4.90 Å². The summed E-state index contributed by atoms with van der Waals surface area (Å²) < 4.78 is 5.35. The zero-order valence-corrected chi connectivity index (χ0v) is 22.5. The highest BCUT2D eigenvalue weighted by molar-refractivity contribution is 7.15. The molecular weight excluding hydrogens is 506 g/mol. The Kier molecular flexibility index (Phi) is 8.15. The SMILES string of the molecule is CC(=O)N1CCN(Cc2cnc(NC(=O)/C(=N/O[C@H]3CCOC3)c3ccc(C(=O)C4CC4)cc3)s2)C[C@@H]1C. The van der Waals surface area contributed by atoms with E-state index in [2.05, 4.69) is 27.3 Å². The number of ether oxygens (including phenoxy) is 1. The van der Waals surface area contributed by atoms with Gasteiger partial charge in [0, 0.05) is 73.7 Å². The standard InChI is InChI=1S/C27H33N5O5S/c1-17-14-31(10-11-32(17)18(2)33)15-23-13-28-27(38-23)29-26(35)24(30-37-22-9-12-36-16-22)19-3-5-20(6-4-19)25(34)21-7-8-21/h3-6,13,17,21-22H,7-12,14-16H2,1-2H3,(H,28,29,35)/b30-24+/t17-,22-/m0/s1. The Morgan fingerprint density at radius 3 is 2.58 bits per heavy atom. The third-order valence-corrected chi connectivity index (χ3v) is 7.95. The van der Waals surface area contributed by atoms with Crippen LogP contribution in [0.1, 0.15) is 53.9 Å². The number of amides is 2. The van der Waals surface area contributed by atoms with Crippen molar-refractivity contribution in [2.75, 3.05) is 38.2 Å². The Labute approximate surface area is 226 Å². The van der Waals surface area contributed by atoms with E-state index < -0.39 is 5.91 Å². The summed E-state index contributed by atoms with van der Waals surface area (Å²) >= 11 is 1.41. The first-order valence-electron chi connectivity index (χ1n) is 13.1. The molecule has 202 valence electrons. The largest absolute Gasteiger partial charge is 0.389 e. The van der Waals surface area contributed by atoms with Gasteiger partial charge in [0.1, 0.15) is 0 Å². The third kappa shape index (κ3) is 6.46. The van der Waals surface area contributed by atoms with Gasteiger partial charge in [0.05, 0.1) is 13.2 Å². The van der Waals surface area contributed by atoms with Crippen LogP contribution in [0.2, 0.25) is 0 Å². The minimum Gasteiger partial charge on any atom is -0.389 e. The van der Waals surface area contributed by atoms with Crippen LogP contribution >= 0.6 is 11.3 Å². The zero-order valence-electron chi connectivity index (χ0n) is 21.7. The lowest BCUT2D eigenvalue weighted by atomic mass is 10.0. The van der Waals surface area contributed by atoms with Crippen LogP contribution < -0.4 is 5.32 Å². The second kappa shape index (κ2) is 11.7. The Morgan fingerprint density at radius 2 is 1.92 bits per heavy atom. The number of oxime groups is 1. The lowest BCUT2D eigenvalue weighted by Crippen LogP contribution is -2.52. The lowest BCUT2D eigenvalue weighted by Gasteiger charge is -2.39. The normalized spacial score (nSPS) is 22.4. The molecule has 0 spiro atoms. The van der Waals surface area contributed by atoms with Crippen LogP contribution in [0.5, 0.6) is 0 Å². The number of aromatic nitrogens is 1. The fourth-order valence-electron chi connectivity index (χ4n) is 4.78. The molecule has 3 heterocycles. The van der Waals surface area contributed by atoms with Crippen molar-refractivity contribution >= 4 is 39.8 Å². The van der Waals surface area contributed by atoms with Gasteiger partial charge in [-0.05, 0) is 19.8 Å². The molecule has 1 N–H and O–H groups in total. The molecule has 3 aliphatic rings. The van der Waals surface area contributed by atoms with Crippen molar-refractivity contribution in [3.63, 3.8) is 0 Å². The van der Waals surface area contributed by atoms with Gasteiger partial charge >= 0.3 is 0 Å². The number of carbonyl (C=O) groups excluding carboxylic acids is 3. The number of piperazine rings is 1. The van der Waals surface area contributed by atoms with Crippen molar-refractivity contribution in [3.8, 4) is 0 Å². The zero-order chi connectivity index (χ0) is 26.6. The predicted molar refractivity (Wildman–Crippen MR) is 143 cm³/mol. The number of ketones is 1. The smallest absolute Gasteiger partial charge is 0.280 e. The van der Waals surface area contributed by atoms with E-state index in [4.69, 9.17) is 9.57 Å². The molecule has 38 heavy (non-hydrogen) atoms. The second-order valence-electron chi connectivity index (χ2n) is 10.1. The summed E-state index contributed by atoms with van der Waals surface area (Å²) in [6.45, 7) is 7.69. The fraction of sp³-hybridized carbons (Fsp3) is 0.519. The highest BCUT2D eigenvalue weighted by Crippen LogP contribution is 2.32. The first kappa shape index (κ1) is 26.5. The molecule has 0 bridgehead atoms. The minimum atomic E-state index is -0.435. The molecule has 5 rings (SSSR count). The first-order chi connectivity index (χ1) is 18.4. The number of Topliss-reactive ketones (excluding diaryl/α,β-unsaturated/α-hetero) is 1. The summed E-state index contributed by atoms with van der Waals surface area (Å²) in [5.74, 6) is -0.0599. The molecule has 10 nitrogen and oxygen atoms in total. The average molecular weight is 540 g/mol. The quantitative estimate of drug-likeness (QED) is 0.296. The van der Waals surface area contributed by atoms with Crippen molar-refractivity contribution in [2.45, 2.75) is 51.8 Å². The number of rotatable bonds is 9. The molecule has 1 aliphatic carbocycles. The van der Waals surface area contributed by atoms with E-state index in [-0.39, 0.29) is 35.5 Å². The maximum absolute atomic E-state index is 13.3. The molecule has 0 radical (unpaired) electrons. The van der Waals surface area contributed by atoms with Gasteiger partial charge in [0.15, 0.2) is 22.7 Å². The highest BCUT2D eigenvalue weighted by atomic mass is 32.1. The Morgan fingerprint density at radius 1 is 1.16 bits per heavy atom. The number of anilines is 1. The number of nitrogens with one attached hydrogen (secondary N) is 1. The molecule has 2 aliphatic heterocycles. The maximum atomic E-state index is 13.3. The summed E-state index contributed by atoms with van der Waals surface area (Å²) in [5.41, 5.74) is 1.32. The predicted octanol–water partition coefficient (Wildman–Crippen LogP) is 2.94. The van der Waals surface area contributed by atoms with E-state index in [0.29, 0.717) is 49.0 Å². The Bertz CT molecular complexity index is 1200. The van der Waals surface area contributed by atoms with Crippen molar-refractivity contribution < 1.29 is 24.0 Å². The van der Waals surface area contributed by atoms with Crippen molar-refractivity contribution in [1.82, 2.24) is 14.8 Å². The van der Waals surface area contributed by atoms with Crippen molar-refractivity contribution in [3.05, 3.63) is 46.5 Å². The first-order valence-corrected chi connectivity index (χ1v) is 13.9. The molecule has 1 aromatic carbocycles. The number of benzene rings is 1. The second-order valence-corrected chi connectivity index (χ2v) is 11.2. The van der Waals surface area contributed by atoms with E-state index >= 15 is 0 Å². The van der Waals surface area contributed by atoms with Gasteiger partial charge in [0.2, 0.25) is 5.91 Å². The van der Waals surface area contributed by atoms with Gasteiger partial charge in [-0.3, -0.25) is 24.6 Å². The summed E-state index contributed by atoms with van der Waals surface area (Å²) in [5, 5.41) is 7.53. The molecule has 2 amide bonds. The average Bonchev–Trinajstić information content (AvgIpc) is 3.45. The van der Waals surface area contributed by atoms with Gasteiger partial charge in [-0.1, -0.05) is 29.4 Å². The molecule has 1 saturated carbocycles. The molecule has 0 unspecified atom stereocenters. The minimum absolute atomic E-state index is 0.103. The van der Waals surface area contributed by atoms with Crippen molar-refractivity contribution in [2.24, 2.45) is 11.1 Å². The third-order valence-electron chi connectivity index (χ3n) is 7.06. The number of carbonyl (C=O) groups is 3. The van der Waals surface area contributed by atoms with Crippen LogP contribution in [-0.2, 0) is 25.7 Å². The molecule has 2 aromatic rings. The van der Waals surface area contributed by atoms with Crippen LogP contribution in [0.3, 0.4) is 0 Å². The molecule has 2 atom stereocenters. The molecule has 11 heteroatoms. The summed E-state index contributed by atoms with van der Waals surface area (Å²) in [6.07, 6.45) is 4.16. The summed E-state index contributed by atoms with van der Waals surface area (Å²) in [6, 6.07) is 7.11. The van der Waals surface area contributed by atoms with Crippen LogP contribution in [0.15, 0.2) is 35.6 Å². The van der Waals surface area contributed by atoms with E-state index in [9.17, 15) is 14.4 Å². The van der Waals surface area contributed by atoms with E-state index in [0.717, 1.165) is 30.8 Å². The highest BCUT2D eigenvalue weighted by Gasteiger charge is 2.30. The number of nitrogens with zero attached hydrogens (tertiary/aromatic N) is 4. The summed E-state index contributed by atoms with van der Waals surface area (Å²) in [7, 11) is 0.